The summed E-state index contributed by atoms with van der Waals surface area (Å²) in [4.78, 5) is 23.7. The van der Waals surface area contributed by atoms with E-state index in [0.29, 0.717) is 6.42 Å². The molecule has 2 atom stereocenters. The number of nitrogens with one attached hydrogen (secondary N) is 2. The van der Waals surface area contributed by atoms with Crippen LogP contribution in [0.3, 0.4) is 0 Å². The Labute approximate surface area is 139 Å². The fourth-order valence-electron chi connectivity index (χ4n) is 2.74. The number of rotatable bonds is 5. The predicted molar refractivity (Wildman–Crippen MR) is 90.5 cm³/mol. The van der Waals surface area contributed by atoms with Crippen molar-refractivity contribution in [3.63, 3.8) is 0 Å². The number of carbonyl (C=O) groups excluding carboxylic acids is 2. The number of anilines is 1. The SMILES string of the molecule is Cc1cc(NC(=O)CNC(=O)C[C@@H]2CCC[C@H]2N)ccc1Br. The molecular formula is C16H22BrN3O2. The van der Waals surface area contributed by atoms with E-state index in [1.807, 2.05) is 25.1 Å². The van der Waals surface area contributed by atoms with Gasteiger partial charge in [0.1, 0.15) is 0 Å². The molecule has 0 bridgehead atoms. The number of aryl methyl sites for hydroxylation is 1. The summed E-state index contributed by atoms with van der Waals surface area (Å²) in [6.07, 6.45) is 3.48. The lowest BCUT2D eigenvalue weighted by molar-refractivity contribution is -0.124. The molecule has 0 heterocycles. The Morgan fingerprint density at radius 2 is 2.09 bits per heavy atom. The minimum Gasteiger partial charge on any atom is -0.347 e. The van der Waals surface area contributed by atoms with Crippen LogP contribution < -0.4 is 16.4 Å². The molecule has 0 unspecified atom stereocenters. The van der Waals surface area contributed by atoms with Gasteiger partial charge in [-0.1, -0.05) is 22.4 Å². The van der Waals surface area contributed by atoms with Gasteiger partial charge in [0.15, 0.2) is 0 Å². The normalized spacial score (nSPS) is 20.7. The second-order valence-electron chi connectivity index (χ2n) is 5.85. The van der Waals surface area contributed by atoms with Gasteiger partial charge in [-0.3, -0.25) is 9.59 Å². The lowest BCUT2D eigenvalue weighted by atomic mass is 10.00. The van der Waals surface area contributed by atoms with E-state index in [0.717, 1.165) is 35.0 Å². The molecule has 1 aromatic rings. The van der Waals surface area contributed by atoms with Gasteiger partial charge in [0.25, 0.3) is 0 Å². The Morgan fingerprint density at radius 1 is 1.32 bits per heavy atom. The van der Waals surface area contributed by atoms with Crippen LogP contribution >= 0.6 is 15.9 Å². The average molecular weight is 368 g/mol. The first-order chi connectivity index (χ1) is 10.5. The number of nitrogens with two attached hydrogens (primary N) is 1. The van der Waals surface area contributed by atoms with Gasteiger partial charge in [0.2, 0.25) is 11.8 Å². The summed E-state index contributed by atoms with van der Waals surface area (Å²) in [5.74, 6) is -0.0903. The quantitative estimate of drug-likeness (QED) is 0.746. The van der Waals surface area contributed by atoms with Crippen molar-refractivity contribution in [3.8, 4) is 0 Å². The smallest absolute Gasteiger partial charge is 0.243 e. The van der Waals surface area contributed by atoms with E-state index in [1.54, 1.807) is 0 Å². The Bertz CT molecular complexity index is 562. The standard InChI is InChI=1S/C16H22BrN3O2/c1-10-7-12(5-6-13(10)17)20-16(22)9-19-15(21)8-11-3-2-4-14(11)18/h5-7,11,14H,2-4,8-9,18H2,1H3,(H,19,21)(H,20,22)/t11-,14+/m0/s1. The molecule has 6 heteroatoms. The minimum absolute atomic E-state index is 0.0180. The number of hydrogen-bond donors (Lipinski definition) is 3. The van der Waals surface area contributed by atoms with Gasteiger partial charge >= 0.3 is 0 Å². The molecule has 0 spiro atoms. The lowest BCUT2D eigenvalue weighted by Gasteiger charge is -2.14. The number of benzene rings is 1. The summed E-state index contributed by atoms with van der Waals surface area (Å²) in [6.45, 7) is 1.93. The second kappa shape index (κ2) is 7.74. The molecule has 1 fully saturated rings. The van der Waals surface area contributed by atoms with Crippen molar-refractivity contribution in [2.24, 2.45) is 11.7 Å². The van der Waals surface area contributed by atoms with Crippen molar-refractivity contribution in [2.45, 2.75) is 38.6 Å². The van der Waals surface area contributed by atoms with Crippen LogP contribution in [0.5, 0.6) is 0 Å². The Morgan fingerprint density at radius 3 is 2.73 bits per heavy atom. The molecule has 1 aliphatic rings. The third-order valence-electron chi connectivity index (χ3n) is 4.05. The number of halogens is 1. The van der Waals surface area contributed by atoms with Crippen LogP contribution in [0.1, 0.15) is 31.2 Å². The Kier molecular flexibility index (Phi) is 5.97. The highest BCUT2D eigenvalue weighted by atomic mass is 79.9. The van der Waals surface area contributed by atoms with Crippen LogP contribution in [-0.4, -0.2) is 24.4 Å². The van der Waals surface area contributed by atoms with Crippen LogP contribution in [0.2, 0.25) is 0 Å². The van der Waals surface area contributed by atoms with Crippen molar-refractivity contribution in [1.29, 1.82) is 0 Å². The van der Waals surface area contributed by atoms with Gasteiger partial charge in [-0.15, -0.1) is 0 Å². The van der Waals surface area contributed by atoms with Gasteiger partial charge in [-0.2, -0.15) is 0 Å². The number of amides is 2. The molecule has 120 valence electrons. The maximum atomic E-state index is 11.9. The molecule has 4 N–H and O–H groups in total. The predicted octanol–water partition coefficient (Wildman–Crippen LogP) is 2.33. The van der Waals surface area contributed by atoms with Crippen LogP contribution in [0.15, 0.2) is 22.7 Å². The van der Waals surface area contributed by atoms with Crippen molar-refractivity contribution in [1.82, 2.24) is 5.32 Å². The number of hydrogen-bond acceptors (Lipinski definition) is 3. The van der Waals surface area contributed by atoms with E-state index >= 15 is 0 Å². The minimum atomic E-state index is -0.231. The van der Waals surface area contributed by atoms with Crippen LogP contribution in [0.25, 0.3) is 0 Å². The first-order valence-corrected chi connectivity index (χ1v) is 8.33. The highest BCUT2D eigenvalue weighted by Crippen LogP contribution is 2.26. The zero-order valence-corrected chi connectivity index (χ0v) is 14.3. The van der Waals surface area contributed by atoms with Gasteiger partial charge in [0, 0.05) is 22.6 Å². The van der Waals surface area contributed by atoms with E-state index in [9.17, 15) is 9.59 Å². The lowest BCUT2D eigenvalue weighted by Crippen LogP contribution is -2.36. The molecule has 1 aliphatic carbocycles. The summed E-state index contributed by atoms with van der Waals surface area (Å²) in [5.41, 5.74) is 7.71. The molecule has 0 aliphatic heterocycles. The zero-order chi connectivity index (χ0) is 16.1. The van der Waals surface area contributed by atoms with Crippen LogP contribution in [0.4, 0.5) is 5.69 Å². The van der Waals surface area contributed by atoms with Crippen molar-refractivity contribution < 1.29 is 9.59 Å². The molecular weight excluding hydrogens is 346 g/mol. The van der Waals surface area contributed by atoms with Crippen molar-refractivity contribution in [2.75, 3.05) is 11.9 Å². The van der Waals surface area contributed by atoms with E-state index < -0.39 is 0 Å². The molecule has 2 rings (SSSR count). The van der Waals surface area contributed by atoms with Gasteiger partial charge in [0.05, 0.1) is 6.54 Å². The second-order valence-corrected chi connectivity index (χ2v) is 6.70. The van der Waals surface area contributed by atoms with Gasteiger partial charge < -0.3 is 16.4 Å². The molecule has 2 amide bonds. The fraction of sp³-hybridized carbons (Fsp3) is 0.500. The molecule has 0 radical (unpaired) electrons. The maximum Gasteiger partial charge on any atom is 0.243 e. The summed E-state index contributed by atoms with van der Waals surface area (Å²) < 4.78 is 0.992. The molecule has 1 saturated carbocycles. The van der Waals surface area contributed by atoms with E-state index in [2.05, 4.69) is 26.6 Å². The average Bonchev–Trinajstić information content (AvgIpc) is 2.86. The fourth-order valence-corrected chi connectivity index (χ4v) is 2.98. The van der Waals surface area contributed by atoms with Gasteiger partial charge in [-0.25, -0.2) is 0 Å². The largest absolute Gasteiger partial charge is 0.347 e. The summed E-state index contributed by atoms with van der Waals surface area (Å²) in [6, 6.07) is 5.69. The monoisotopic (exact) mass is 367 g/mol. The van der Waals surface area contributed by atoms with E-state index in [4.69, 9.17) is 5.73 Å². The highest BCUT2D eigenvalue weighted by Gasteiger charge is 2.26. The molecule has 22 heavy (non-hydrogen) atoms. The van der Waals surface area contributed by atoms with Crippen molar-refractivity contribution in [3.05, 3.63) is 28.2 Å². The highest BCUT2D eigenvalue weighted by molar-refractivity contribution is 9.10. The Balaban J connectivity index is 1.75. The first-order valence-electron chi connectivity index (χ1n) is 7.54. The van der Waals surface area contributed by atoms with Crippen LogP contribution in [-0.2, 0) is 9.59 Å². The summed E-state index contributed by atoms with van der Waals surface area (Å²) >= 11 is 3.41. The molecule has 0 saturated heterocycles. The molecule has 0 aromatic heterocycles. The van der Waals surface area contributed by atoms with E-state index in [1.165, 1.54) is 0 Å². The maximum absolute atomic E-state index is 11.9. The summed E-state index contributed by atoms with van der Waals surface area (Å²) in [7, 11) is 0. The zero-order valence-electron chi connectivity index (χ0n) is 12.7. The number of carbonyl (C=O) groups is 2. The topological polar surface area (TPSA) is 84.2 Å². The third kappa shape index (κ3) is 4.81. The first kappa shape index (κ1) is 17.0. The van der Waals surface area contributed by atoms with Crippen molar-refractivity contribution >= 4 is 33.4 Å². The molecule has 5 nitrogen and oxygen atoms in total. The van der Waals surface area contributed by atoms with E-state index in [-0.39, 0.29) is 30.3 Å². The third-order valence-corrected chi connectivity index (χ3v) is 4.94. The van der Waals surface area contributed by atoms with Gasteiger partial charge in [-0.05, 0) is 49.4 Å². The summed E-state index contributed by atoms with van der Waals surface area (Å²) in [5, 5.41) is 5.43. The Hall–Kier alpha value is -1.40. The van der Waals surface area contributed by atoms with Crippen LogP contribution in [0, 0.1) is 12.8 Å². The molecule has 1 aromatic carbocycles.